The Morgan fingerprint density at radius 3 is 2.85 bits per heavy atom. The minimum absolute atomic E-state index is 0.0444. The summed E-state index contributed by atoms with van der Waals surface area (Å²) in [4.78, 5) is 21.2. The standard InChI is InChI=1S/C18H14FN3O3S/c1-26-13-5-2-4-12(9-13)25-18-14(8-11(19)10-21-18)17(24)22-16-15(23)6-3-7-20-16/h2-10,23H,1H3,(H,20,22,24). The molecule has 2 N–H and O–H groups in total. The summed E-state index contributed by atoms with van der Waals surface area (Å²) in [7, 11) is 0. The molecule has 1 aromatic carbocycles. The summed E-state index contributed by atoms with van der Waals surface area (Å²) in [5.74, 6) is -1.24. The van der Waals surface area contributed by atoms with E-state index in [2.05, 4.69) is 15.3 Å². The first-order valence-corrected chi connectivity index (χ1v) is 8.72. The molecule has 6 nitrogen and oxygen atoms in total. The van der Waals surface area contributed by atoms with E-state index in [-0.39, 0.29) is 23.0 Å². The van der Waals surface area contributed by atoms with Crippen LogP contribution in [0.1, 0.15) is 10.4 Å². The molecule has 0 saturated heterocycles. The van der Waals surface area contributed by atoms with Crippen molar-refractivity contribution in [2.75, 3.05) is 11.6 Å². The Balaban J connectivity index is 1.90. The maximum atomic E-state index is 13.6. The van der Waals surface area contributed by atoms with Gasteiger partial charge in [0.2, 0.25) is 5.88 Å². The number of thioether (sulfide) groups is 1. The molecule has 0 radical (unpaired) electrons. The van der Waals surface area contributed by atoms with E-state index in [1.54, 1.807) is 18.2 Å². The van der Waals surface area contributed by atoms with Crippen molar-refractivity contribution >= 4 is 23.5 Å². The highest BCUT2D eigenvalue weighted by molar-refractivity contribution is 7.98. The third kappa shape index (κ3) is 4.09. The number of nitrogens with zero attached hydrogens (tertiary/aromatic N) is 2. The van der Waals surface area contributed by atoms with Crippen LogP contribution in [0, 0.1) is 5.82 Å². The predicted molar refractivity (Wildman–Crippen MR) is 96.3 cm³/mol. The SMILES string of the molecule is CSc1cccc(Oc2ncc(F)cc2C(=O)Nc2ncccc2O)c1. The summed E-state index contributed by atoms with van der Waals surface area (Å²) in [5.41, 5.74) is -0.121. The molecule has 3 aromatic rings. The molecule has 0 aliphatic carbocycles. The molecule has 26 heavy (non-hydrogen) atoms. The van der Waals surface area contributed by atoms with Crippen molar-refractivity contribution in [1.29, 1.82) is 0 Å². The lowest BCUT2D eigenvalue weighted by molar-refractivity contribution is 0.102. The Labute approximate surface area is 153 Å². The largest absolute Gasteiger partial charge is 0.504 e. The predicted octanol–water partition coefficient (Wildman–Crippen LogP) is 4.09. The van der Waals surface area contributed by atoms with Crippen LogP contribution in [0.5, 0.6) is 17.4 Å². The number of carbonyl (C=O) groups is 1. The van der Waals surface area contributed by atoms with Crippen LogP contribution in [-0.2, 0) is 0 Å². The second-order valence-corrected chi connectivity index (χ2v) is 5.99. The summed E-state index contributed by atoms with van der Waals surface area (Å²) >= 11 is 1.53. The molecule has 0 bridgehead atoms. The lowest BCUT2D eigenvalue weighted by Crippen LogP contribution is -2.15. The van der Waals surface area contributed by atoms with Crippen LogP contribution in [-0.4, -0.2) is 27.2 Å². The van der Waals surface area contributed by atoms with E-state index >= 15 is 0 Å². The highest BCUT2D eigenvalue weighted by Crippen LogP contribution is 2.28. The number of pyridine rings is 2. The number of hydrogen-bond donors (Lipinski definition) is 2. The third-order valence-electron chi connectivity index (χ3n) is 3.34. The van der Waals surface area contributed by atoms with Gasteiger partial charge in [-0.15, -0.1) is 11.8 Å². The maximum Gasteiger partial charge on any atom is 0.262 e. The topological polar surface area (TPSA) is 84.3 Å². The second kappa shape index (κ2) is 7.83. The van der Waals surface area contributed by atoms with E-state index in [1.807, 2.05) is 12.3 Å². The van der Waals surface area contributed by atoms with Gasteiger partial charge >= 0.3 is 0 Å². The molecular formula is C18H14FN3O3S. The number of hydrogen-bond acceptors (Lipinski definition) is 6. The van der Waals surface area contributed by atoms with Crippen LogP contribution in [0.2, 0.25) is 0 Å². The fourth-order valence-corrected chi connectivity index (χ4v) is 2.56. The molecule has 8 heteroatoms. The molecule has 0 aliphatic rings. The number of aromatic hydroxyl groups is 1. The van der Waals surface area contributed by atoms with E-state index in [4.69, 9.17) is 4.74 Å². The Morgan fingerprint density at radius 2 is 2.08 bits per heavy atom. The van der Waals surface area contributed by atoms with Gasteiger partial charge in [0.05, 0.1) is 6.20 Å². The van der Waals surface area contributed by atoms with Crippen LogP contribution >= 0.6 is 11.8 Å². The molecule has 3 rings (SSSR count). The van der Waals surface area contributed by atoms with Crippen molar-refractivity contribution in [2.45, 2.75) is 4.90 Å². The van der Waals surface area contributed by atoms with Crippen molar-refractivity contribution in [2.24, 2.45) is 0 Å². The van der Waals surface area contributed by atoms with E-state index in [1.165, 1.54) is 30.1 Å². The number of aromatic nitrogens is 2. The fourth-order valence-electron chi connectivity index (χ4n) is 2.12. The first-order chi connectivity index (χ1) is 12.6. The van der Waals surface area contributed by atoms with E-state index in [9.17, 15) is 14.3 Å². The van der Waals surface area contributed by atoms with Crippen molar-refractivity contribution in [3.05, 3.63) is 66.2 Å². The lowest BCUT2D eigenvalue weighted by Gasteiger charge is -2.11. The molecule has 0 saturated carbocycles. The van der Waals surface area contributed by atoms with Gasteiger partial charge in [-0.05, 0) is 42.7 Å². The molecule has 0 fully saturated rings. The van der Waals surface area contributed by atoms with E-state index in [0.717, 1.165) is 17.2 Å². The molecule has 0 unspecified atom stereocenters. The number of halogens is 1. The minimum Gasteiger partial charge on any atom is -0.504 e. The Kier molecular flexibility index (Phi) is 5.33. The monoisotopic (exact) mass is 371 g/mol. The average molecular weight is 371 g/mol. The Morgan fingerprint density at radius 1 is 1.23 bits per heavy atom. The summed E-state index contributed by atoms with van der Waals surface area (Å²) < 4.78 is 19.3. The lowest BCUT2D eigenvalue weighted by atomic mass is 10.2. The minimum atomic E-state index is -0.706. The summed E-state index contributed by atoms with van der Waals surface area (Å²) in [5, 5.41) is 12.1. The molecule has 2 aromatic heterocycles. The number of benzene rings is 1. The maximum absolute atomic E-state index is 13.6. The van der Waals surface area contributed by atoms with E-state index < -0.39 is 11.7 Å². The van der Waals surface area contributed by atoms with Crippen LogP contribution in [0.4, 0.5) is 10.2 Å². The van der Waals surface area contributed by atoms with Gasteiger partial charge in [-0.2, -0.15) is 0 Å². The molecule has 0 spiro atoms. The van der Waals surface area contributed by atoms with Gasteiger partial charge in [0, 0.05) is 11.1 Å². The number of carbonyl (C=O) groups excluding carboxylic acids is 1. The smallest absolute Gasteiger partial charge is 0.262 e. The van der Waals surface area contributed by atoms with Gasteiger partial charge < -0.3 is 15.2 Å². The molecule has 0 aliphatic heterocycles. The van der Waals surface area contributed by atoms with Gasteiger partial charge in [0.1, 0.15) is 17.1 Å². The normalized spacial score (nSPS) is 10.4. The molecule has 1 amide bonds. The summed E-state index contributed by atoms with van der Waals surface area (Å²) in [6.07, 6.45) is 4.29. The Bertz CT molecular complexity index is 952. The highest BCUT2D eigenvalue weighted by Gasteiger charge is 2.18. The number of amides is 1. The number of nitrogens with one attached hydrogen (secondary N) is 1. The van der Waals surface area contributed by atoms with Crippen LogP contribution in [0.25, 0.3) is 0 Å². The van der Waals surface area contributed by atoms with Crippen molar-refractivity contribution in [1.82, 2.24) is 9.97 Å². The zero-order valence-corrected chi connectivity index (χ0v) is 14.5. The fraction of sp³-hybridized carbons (Fsp3) is 0.0556. The van der Waals surface area contributed by atoms with Crippen LogP contribution in [0.3, 0.4) is 0 Å². The Hall–Kier alpha value is -3.13. The number of rotatable bonds is 5. The quantitative estimate of drug-likeness (QED) is 0.657. The second-order valence-electron chi connectivity index (χ2n) is 5.11. The first kappa shape index (κ1) is 17.7. The number of ether oxygens (including phenoxy) is 1. The van der Waals surface area contributed by atoms with Crippen molar-refractivity contribution in [3.8, 4) is 17.4 Å². The van der Waals surface area contributed by atoms with Gasteiger partial charge in [0.25, 0.3) is 5.91 Å². The highest BCUT2D eigenvalue weighted by atomic mass is 32.2. The third-order valence-corrected chi connectivity index (χ3v) is 4.06. The van der Waals surface area contributed by atoms with Gasteiger partial charge in [0.15, 0.2) is 11.6 Å². The molecule has 2 heterocycles. The van der Waals surface area contributed by atoms with Gasteiger partial charge in [-0.3, -0.25) is 4.79 Å². The number of anilines is 1. The summed E-state index contributed by atoms with van der Waals surface area (Å²) in [6, 6.07) is 11.1. The first-order valence-electron chi connectivity index (χ1n) is 7.49. The molecular weight excluding hydrogens is 357 g/mol. The van der Waals surface area contributed by atoms with Crippen LogP contribution in [0.15, 0.2) is 59.8 Å². The summed E-state index contributed by atoms with van der Waals surface area (Å²) in [6.45, 7) is 0. The van der Waals surface area contributed by atoms with Crippen molar-refractivity contribution in [3.63, 3.8) is 0 Å². The van der Waals surface area contributed by atoms with Crippen LogP contribution < -0.4 is 10.1 Å². The zero-order chi connectivity index (χ0) is 18.5. The average Bonchev–Trinajstić information content (AvgIpc) is 2.65. The molecule has 132 valence electrons. The van der Waals surface area contributed by atoms with E-state index in [0.29, 0.717) is 5.75 Å². The van der Waals surface area contributed by atoms with Crippen molar-refractivity contribution < 1.29 is 19.0 Å². The zero-order valence-electron chi connectivity index (χ0n) is 13.6. The van der Waals surface area contributed by atoms with Gasteiger partial charge in [-0.1, -0.05) is 6.07 Å². The molecule has 0 atom stereocenters. The van der Waals surface area contributed by atoms with Gasteiger partial charge in [-0.25, -0.2) is 14.4 Å².